The first-order chi connectivity index (χ1) is 11.5. The van der Waals surface area contributed by atoms with Crippen LogP contribution in [0.2, 0.25) is 0 Å². The average Bonchev–Trinajstić information content (AvgIpc) is 2.96. The highest BCUT2D eigenvalue weighted by Crippen LogP contribution is 2.24. The van der Waals surface area contributed by atoms with Crippen molar-refractivity contribution < 1.29 is 18.3 Å². The Morgan fingerprint density at radius 1 is 1.33 bits per heavy atom. The van der Waals surface area contributed by atoms with Crippen molar-refractivity contribution in [2.75, 3.05) is 32.8 Å². The van der Waals surface area contributed by atoms with Gasteiger partial charge >= 0.3 is 6.55 Å². The molecule has 5 nitrogen and oxygen atoms in total. The first-order valence-electron chi connectivity index (χ1n) is 8.61. The van der Waals surface area contributed by atoms with Gasteiger partial charge in [0, 0.05) is 31.4 Å². The Morgan fingerprint density at radius 3 is 2.83 bits per heavy atom. The minimum absolute atomic E-state index is 0.0674. The first kappa shape index (κ1) is 17.4. The molecule has 0 aromatic carbocycles. The number of alkyl halides is 2. The van der Waals surface area contributed by atoms with Gasteiger partial charge in [-0.15, -0.1) is 0 Å². The molecule has 2 saturated heterocycles. The van der Waals surface area contributed by atoms with Crippen molar-refractivity contribution in [3.63, 3.8) is 0 Å². The summed E-state index contributed by atoms with van der Waals surface area (Å²) in [7, 11) is 0. The Hall–Kier alpha value is -1.47. The van der Waals surface area contributed by atoms with Gasteiger partial charge in [-0.1, -0.05) is 13.3 Å². The van der Waals surface area contributed by atoms with E-state index in [9.17, 15) is 13.6 Å². The van der Waals surface area contributed by atoms with Crippen LogP contribution in [-0.4, -0.2) is 65.2 Å². The molecule has 1 aromatic heterocycles. The van der Waals surface area contributed by atoms with Crippen LogP contribution in [0.3, 0.4) is 0 Å². The van der Waals surface area contributed by atoms with E-state index < -0.39 is 6.55 Å². The van der Waals surface area contributed by atoms with Gasteiger partial charge in [0.15, 0.2) is 0 Å². The molecule has 0 radical (unpaired) electrons. The topological polar surface area (TPSA) is 37.7 Å². The van der Waals surface area contributed by atoms with Gasteiger partial charge in [0.2, 0.25) is 0 Å². The number of morpholine rings is 1. The number of hydrogen-bond donors (Lipinski definition) is 0. The smallest absolute Gasteiger partial charge is 0.319 e. The lowest BCUT2D eigenvalue weighted by atomic mass is 10.0. The molecule has 0 aliphatic carbocycles. The largest absolute Gasteiger partial charge is 0.378 e. The molecule has 2 atom stereocenters. The molecule has 0 N–H and O–H groups in total. The molecule has 1 aromatic rings. The number of carbonyl (C=O) groups excluding carboxylic acids is 1. The molecule has 134 valence electrons. The number of aromatic nitrogens is 1. The van der Waals surface area contributed by atoms with Crippen LogP contribution in [0.4, 0.5) is 8.78 Å². The summed E-state index contributed by atoms with van der Waals surface area (Å²) in [4.78, 5) is 16.8. The number of carbonyl (C=O) groups is 1. The molecular formula is C17H25F2N3O2. The Morgan fingerprint density at radius 2 is 2.12 bits per heavy atom. The summed E-state index contributed by atoms with van der Waals surface area (Å²) in [5, 5.41) is 0. The third kappa shape index (κ3) is 3.19. The zero-order valence-electron chi connectivity index (χ0n) is 14.3. The second-order valence-corrected chi connectivity index (χ2v) is 6.63. The zero-order chi connectivity index (χ0) is 17.3. The van der Waals surface area contributed by atoms with E-state index in [-0.39, 0.29) is 17.6 Å². The molecule has 0 unspecified atom stereocenters. The molecule has 0 bridgehead atoms. The third-order valence-electron chi connectivity index (χ3n) is 5.06. The molecule has 3 heterocycles. The van der Waals surface area contributed by atoms with Gasteiger partial charge in [0.05, 0.1) is 19.3 Å². The number of piperazine rings is 1. The van der Waals surface area contributed by atoms with Crippen molar-refractivity contribution in [2.24, 2.45) is 0 Å². The lowest BCUT2D eigenvalue weighted by molar-refractivity contribution is -0.0778. The molecule has 2 aliphatic heterocycles. The van der Waals surface area contributed by atoms with Crippen LogP contribution in [0, 0.1) is 6.92 Å². The van der Waals surface area contributed by atoms with Crippen molar-refractivity contribution in [1.82, 2.24) is 14.4 Å². The Balaban J connectivity index is 1.72. The molecule has 1 amide bonds. The minimum atomic E-state index is -2.70. The maximum Gasteiger partial charge on any atom is 0.319 e. The fraction of sp³-hybridized carbons (Fsp3) is 0.706. The maximum absolute atomic E-state index is 13.2. The molecule has 0 saturated carbocycles. The summed E-state index contributed by atoms with van der Waals surface area (Å²) in [6.07, 6.45) is 2.18. The molecule has 24 heavy (non-hydrogen) atoms. The van der Waals surface area contributed by atoms with Crippen molar-refractivity contribution in [3.05, 3.63) is 23.5 Å². The van der Waals surface area contributed by atoms with E-state index in [1.807, 2.05) is 0 Å². The van der Waals surface area contributed by atoms with Crippen LogP contribution in [-0.2, 0) is 4.74 Å². The van der Waals surface area contributed by atoms with Gasteiger partial charge in [0.1, 0.15) is 5.69 Å². The van der Waals surface area contributed by atoms with E-state index in [0.717, 1.165) is 30.6 Å². The highest BCUT2D eigenvalue weighted by Gasteiger charge is 2.37. The number of fused-ring (bicyclic) bond motifs is 1. The molecule has 2 aliphatic rings. The Labute approximate surface area is 141 Å². The van der Waals surface area contributed by atoms with Gasteiger partial charge < -0.3 is 9.64 Å². The van der Waals surface area contributed by atoms with Crippen LogP contribution in [0.5, 0.6) is 0 Å². The summed E-state index contributed by atoms with van der Waals surface area (Å²) in [6.45, 7) is 4.26. The lowest BCUT2D eigenvalue weighted by Gasteiger charge is -2.48. The summed E-state index contributed by atoms with van der Waals surface area (Å²) in [5.41, 5.74) is 0.466. The van der Waals surface area contributed by atoms with Crippen molar-refractivity contribution in [3.8, 4) is 0 Å². The maximum atomic E-state index is 13.2. The van der Waals surface area contributed by atoms with Gasteiger partial charge in [-0.2, -0.15) is 8.78 Å². The molecule has 3 rings (SSSR count). The van der Waals surface area contributed by atoms with E-state index in [0.29, 0.717) is 31.4 Å². The van der Waals surface area contributed by atoms with E-state index in [4.69, 9.17) is 4.74 Å². The van der Waals surface area contributed by atoms with Crippen LogP contribution in [0.25, 0.3) is 0 Å². The second kappa shape index (κ2) is 7.19. The van der Waals surface area contributed by atoms with Crippen LogP contribution in [0.15, 0.2) is 12.1 Å². The molecule has 0 spiro atoms. The number of ether oxygens (including phenoxy) is 1. The van der Waals surface area contributed by atoms with E-state index >= 15 is 0 Å². The standard InChI is InChI=1S/C17H25F2N3O2/c1-3-4-13-10-24-11-14-9-20(7-8-21(13)14)16(23)15-6-5-12(2)22(15)17(18)19/h5-6,13-14,17H,3-4,7-11H2,1-2H3/t13-,14+/m0/s1. The van der Waals surface area contributed by atoms with Crippen LogP contribution in [0.1, 0.15) is 42.5 Å². The quantitative estimate of drug-likeness (QED) is 0.845. The zero-order valence-corrected chi connectivity index (χ0v) is 14.3. The van der Waals surface area contributed by atoms with E-state index in [1.165, 1.54) is 6.07 Å². The van der Waals surface area contributed by atoms with Crippen LogP contribution < -0.4 is 0 Å². The number of nitrogens with zero attached hydrogens (tertiary/aromatic N) is 3. The fourth-order valence-electron chi connectivity index (χ4n) is 3.85. The van der Waals surface area contributed by atoms with E-state index in [1.54, 1.807) is 17.9 Å². The van der Waals surface area contributed by atoms with Crippen molar-refractivity contribution in [2.45, 2.75) is 45.3 Å². The highest BCUT2D eigenvalue weighted by molar-refractivity contribution is 5.93. The van der Waals surface area contributed by atoms with Gasteiger partial charge in [-0.05, 0) is 25.5 Å². The number of aryl methyl sites for hydroxylation is 1. The highest BCUT2D eigenvalue weighted by atomic mass is 19.3. The molecular weight excluding hydrogens is 316 g/mol. The predicted molar refractivity (Wildman–Crippen MR) is 86.3 cm³/mol. The number of hydrogen-bond acceptors (Lipinski definition) is 3. The summed E-state index contributed by atoms with van der Waals surface area (Å²) in [6, 6.07) is 3.62. The monoisotopic (exact) mass is 341 g/mol. The summed E-state index contributed by atoms with van der Waals surface area (Å²) < 4.78 is 32.9. The third-order valence-corrected chi connectivity index (χ3v) is 5.06. The molecule has 7 heteroatoms. The van der Waals surface area contributed by atoms with Crippen molar-refractivity contribution in [1.29, 1.82) is 0 Å². The number of rotatable bonds is 4. The predicted octanol–water partition coefficient (Wildman–Crippen LogP) is 2.52. The number of amides is 1. The van der Waals surface area contributed by atoms with Gasteiger partial charge in [-0.3, -0.25) is 14.3 Å². The van der Waals surface area contributed by atoms with Crippen LogP contribution >= 0.6 is 0 Å². The summed E-state index contributed by atoms with van der Waals surface area (Å²) in [5.74, 6) is -0.319. The normalized spacial score (nSPS) is 25.1. The minimum Gasteiger partial charge on any atom is -0.378 e. The Kier molecular flexibility index (Phi) is 5.20. The average molecular weight is 341 g/mol. The first-order valence-corrected chi connectivity index (χ1v) is 8.61. The van der Waals surface area contributed by atoms with E-state index in [2.05, 4.69) is 11.8 Å². The molecule has 2 fully saturated rings. The fourth-order valence-corrected chi connectivity index (χ4v) is 3.85. The van der Waals surface area contributed by atoms with Gasteiger partial charge in [-0.25, -0.2) is 0 Å². The second-order valence-electron chi connectivity index (χ2n) is 6.63. The Bertz CT molecular complexity index is 588. The summed E-state index contributed by atoms with van der Waals surface area (Å²) >= 11 is 0. The lowest BCUT2D eigenvalue weighted by Crippen LogP contribution is -2.62. The van der Waals surface area contributed by atoms with Crippen molar-refractivity contribution >= 4 is 5.91 Å². The van der Waals surface area contributed by atoms with Gasteiger partial charge in [0.25, 0.3) is 5.91 Å². The SMILES string of the molecule is CCC[C@H]1COC[C@H]2CN(C(=O)c3ccc(C)n3C(F)F)CCN12. The number of halogens is 2.